The summed E-state index contributed by atoms with van der Waals surface area (Å²) in [5.41, 5.74) is 1.91. The average Bonchev–Trinajstić information content (AvgIpc) is 2.39. The molecule has 5 heteroatoms. The van der Waals surface area contributed by atoms with Gasteiger partial charge in [0, 0.05) is 5.69 Å². The first-order valence-corrected chi connectivity index (χ1v) is 6.79. The second-order valence-corrected chi connectivity index (χ2v) is 5.04. The van der Waals surface area contributed by atoms with Crippen LogP contribution in [0.2, 0.25) is 0 Å². The molecule has 0 heterocycles. The van der Waals surface area contributed by atoms with Crippen LogP contribution < -0.4 is 10.6 Å². The van der Waals surface area contributed by atoms with Gasteiger partial charge in [-0.05, 0) is 30.0 Å². The Bertz CT molecular complexity index is 455. The van der Waals surface area contributed by atoms with Crippen molar-refractivity contribution < 1.29 is 14.7 Å². The van der Waals surface area contributed by atoms with Gasteiger partial charge in [0.25, 0.3) is 0 Å². The van der Waals surface area contributed by atoms with E-state index in [9.17, 15) is 9.59 Å². The normalized spacial score (nSPS) is 12.2. The Morgan fingerprint density at radius 1 is 1.20 bits per heavy atom. The first-order chi connectivity index (χ1) is 9.43. The molecule has 0 aromatic heterocycles. The maximum Gasteiger partial charge on any atom is 0.320 e. The highest BCUT2D eigenvalue weighted by Gasteiger charge is 2.21. The van der Waals surface area contributed by atoms with Crippen molar-refractivity contribution in [2.75, 3.05) is 11.9 Å². The molecule has 1 unspecified atom stereocenters. The zero-order chi connectivity index (χ0) is 15.1. The van der Waals surface area contributed by atoms with Crippen LogP contribution in [0.4, 0.5) is 5.69 Å². The molecule has 1 rings (SSSR count). The number of aryl methyl sites for hydroxylation is 1. The number of aliphatic carboxylic acids is 1. The number of carbonyl (C=O) groups excluding carboxylic acids is 1. The lowest BCUT2D eigenvalue weighted by Crippen LogP contribution is -2.44. The molecule has 1 aromatic carbocycles. The van der Waals surface area contributed by atoms with Gasteiger partial charge in [0.05, 0.1) is 6.54 Å². The lowest BCUT2D eigenvalue weighted by molar-refractivity contribution is -0.140. The number of benzene rings is 1. The molecule has 0 spiro atoms. The SMILES string of the molecule is CCc1ccc(NC(=O)CNC(C(=O)O)C(C)C)cc1. The maximum atomic E-state index is 11.8. The van der Waals surface area contributed by atoms with E-state index in [1.807, 2.05) is 24.3 Å². The van der Waals surface area contributed by atoms with Crippen LogP contribution >= 0.6 is 0 Å². The number of hydrogen-bond donors (Lipinski definition) is 3. The highest BCUT2D eigenvalue weighted by molar-refractivity contribution is 5.92. The molecule has 110 valence electrons. The van der Waals surface area contributed by atoms with E-state index in [0.717, 1.165) is 6.42 Å². The molecule has 20 heavy (non-hydrogen) atoms. The first kappa shape index (κ1) is 16.2. The minimum atomic E-state index is -0.944. The van der Waals surface area contributed by atoms with Crippen molar-refractivity contribution in [2.45, 2.75) is 33.2 Å². The second kappa shape index (κ2) is 7.65. The van der Waals surface area contributed by atoms with Crippen molar-refractivity contribution >= 4 is 17.6 Å². The van der Waals surface area contributed by atoms with Gasteiger partial charge in [0.1, 0.15) is 6.04 Å². The van der Waals surface area contributed by atoms with Crippen LogP contribution in [-0.4, -0.2) is 29.6 Å². The van der Waals surface area contributed by atoms with Crippen LogP contribution in [0.1, 0.15) is 26.3 Å². The summed E-state index contributed by atoms with van der Waals surface area (Å²) < 4.78 is 0. The van der Waals surface area contributed by atoms with Gasteiger partial charge < -0.3 is 10.4 Å². The Morgan fingerprint density at radius 2 is 1.80 bits per heavy atom. The topological polar surface area (TPSA) is 78.4 Å². The minimum Gasteiger partial charge on any atom is -0.480 e. The molecule has 1 aromatic rings. The number of carboxylic acid groups (broad SMARTS) is 1. The molecule has 3 N–H and O–H groups in total. The third kappa shape index (κ3) is 5.01. The fourth-order valence-corrected chi connectivity index (χ4v) is 1.84. The Labute approximate surface area is 119 Å². The standard InChI is InChI=1S/C15H22N2O3/c1-4-11-5-7-12(8-6-11)17-13(18)9-16-14(10(2)3)15(19)20/h5-8,10,14,16H,4,9H2,1-3H3,(H,17,18)(H,19,20). The van der Waals surface area contributed by atoms with Crippen molar-refractivity contribution in [3.05, 3.63) is 29.8 Å². The molecular formula is C15H22N2O3. The van der Waals surface area contributed by atoms with Gasteiger partial charge in [-0.3, -0.25) is 14.9 Å². The van der Waals surface area contributed by atoms with Crippen LogP contribution in [0.5, 0.6) is 0 Å². The summed E-state index contributed by atoms with van der Waals surface area (Å²) in [4.78, 5) is 22.7. The van der Waals surface area contributed by atoms with Crippen molar-refractivity contribution in [2.24, 2.45) is 5.92 Å². The third-order valence-electron chi connectivity index (χ3n) is 3.06. The maximum absolute atomic E-state index is 11.8. The van der Waals surface area contributed by atoms with Gasteiger partial charge in [-0.15, -0.1) is 0 Å². The van der Waals surface area contributed by atoms with E-state index in [-0.39, 0.29) is 18.4 Å². The van der Waals surface area contributed by atoms with Crippen molar-refractivity contribution in [3.63, 3.8) is 0 Å². The Hall–Kier alpha value is -1.88. The molecule has 0 aliphatic carbocycles. The molecule has 1 amide bonds. The molecule has 0 fully saturated rings. The quantitative estimate of drug-likeness (QED) is 0.711. The zero-order valence-electron chi connectivity index (χ0n) is 12.1. The Morgan fingerprint density at radius 3 is 2.25 bits per heavy atom. The van der Waals surface area contributed by atoms with Gasteiger partial charge in [-0.1, -0.05) is 32.9 Å². The van der Waals surface area contributed by atoms with Gasteiger partial charge in [-0.2, -0.15) is 0 Å². The molecule has 0 aliphatic rings. The van der Waals surface area contributed by atoms with E-state index in [4.69, 9.17) is 5.11 Å². The number of carbonyl (C=O) groups is 2. The summed E-state index contributed by atoms with van der Waals surface area (Å²) in [6.45, 7) is 5.64. The van der Waals surface area contributed by atoms with Crippen LogP contribution in [0.15, 0.2) is 24.3 Å². The fourth-order valence-electron chi connectivity index (χ4n) is 1.84. The average molecular weight is 278 g/mol. The molecule has 0 saturated heterocycles. The molecular weight excluding hydrogens is 256 g/mol. The molecule has 0 bridgehead atoms. The number of rotatable bonds is 7. The zero-order valence-corrected chi connectivity index (χ0v) is 12.1. The third-order valence-corrected chi connectivity index (χ3v) is 3.06. The smallest absolute Gasteiger partial charge is 0.320 e. The summed E-state index contributed by atoms with van der Waals surface area (Å²) in [5.74, 6) is -1.27. The van der Waals surface area contributed by atoms with Gasteiger partial charge in [-0.25, -0.2) is 0 Å². The van der Waals surface area contributed by atoms with Crippen LogP contribution in [-0.2, 0) is 16.0 Å². The van der Waals surface area contributed by atoms with Gasteiger partial charge in [0.2, 0.25) is 5.91 Å². The predicted octanol–water partition coefficient (Wildman–Crippen LogP) is 1.89. The van der Waals surface area contributed by atoms with Gasteiger partial charge >= 0.3 is 5.97 Å². The van der Waals surface area contributed by atoms with Crippen LogP contribution in [0.25, 0.3) is 0 Å². The van der Waals surface area contributed by atoms with Crippen molar-refractivity contribution in [1.29, 1.82) is 0 Å². The van der Waals surface area contributed by atoms with E-state index >= 15 is 0 Å². The van der Waals surface area contributed by atoms with Crippen LogP contribution in [0.3, 0.4) is 0 Å². The van der Waals surface area contributed by atoms with Crippen molar-refractivity contribution in [3.8, 4) is 0 Å². The first-order valence-electron chi connectivity index (χ1n) is 6.79. The Balaban J connectivity index is 2.48. The van der Waals surface area contributed by atoms with Crippen molar-refractivity contribution in [1.82, 2.24) is 5.32 Å². The predicted molar refractivity (Wildman–Crippen MR) is 78.7 cm³/mol. The molecule has 0 radical (unpaired) electrons. The number of hydrogen-bond acceptors (Lipinski definition) is 3. The number of amides is 1. The van der Waals surface area contributed by atoms with Gasteiger partial charge in [0.15, 0.2) is 0 Å². The summed E-state index contributed by atoms with van der Waals surface area (Å²) in [6, 6.07) is 6.87. The second-order valence-electron chi connectivity index (χ2n) is 5.04. The molecule has 0 saturated carbocycles. The van der Waals surface area contributed by atoms with E-state index in [1.54, 1.807) is 13.8 Å². The summed E-state index contributed by atoms with van der Waals surface area (Å²) >= 11 is 0. The minimum absolute atomic E-state index is 0.0231. The number of nitrogens with one attached hydrogen (secondary N) is 2. The van der Waals surface area contributed by atoms with E-state index in [2.05, 4.69) is 17.6 Å². The molecule has 5 nitrogen and oxygen atoms in total. The molecule has 0 aliphatic heterocycles. The van der Waals surface area contributed by atoms with E-state index < -0.39 is 12.0 Å². The number of carboxylic acids is 1. The highest BCUT2D eigenvalue weighted by Crippen LogP contribution is 2.09. The Kier molecular flexibility index (Phi) is 6.18. The lowest BCUT2D eigenvalue weighted by Gasteiger charge is -2.17. The summed E-state index contributed by atoms with van der Waals surface area (Å²) in [7, 11) is 0. The molecule has 1 atom stereocenters. The number of anilines is 1. The highest BCUT2D eigenvalue weighted by atomic mass is 16.4. The summed E-state index contributed by atoms with van der Waals surface area (Å²) in [5, 5.41) is 14.5. The van der Waals surface area contributed by atoms with Crippen LogP contribution in [0, 0.1) is 5.92 Å². The van der Waals surface area contributed by atoms with E-state index in [1.165, 1.54) is 5.56 Å². The summed E-state index contributed by atoms with van der Waals surface area (Å²) in [6.07, 6.45) is 0.949. The van der Waals surface area contributed by atoms with E-state index in [0.29, 0.717) is 5.69 Å². The lowest BCUT2D eigenvalue weighted by atomic mass is 10.1. The largest absolute Gasteiger partial charge is 0.480 e. The monoisotopic (exact) mass is 278 g/mol. The fraction of sp³-hybridized carbons (Fsp3) is 0.467.